The standard InChI is InChI=1S/C20H28N2O2/c1-15(2)19-12-23-20(24-19,13-22-10-9-21-14-22)8-7-18-6-5-16(3)11-17(18)4/h5-6,9-11,14-15,19H,7-8,12-13H2,1-4H3. The fourth-order valence-electron chi connectivity index (χ4n) is 3.31. The lowest BCUT2D eigenvalue weighted by molar-refractivity contribution is -0.185. The molecule has 1 aromatic carbocycles. The van der Waals surface area contributed by atoms with Gasteiger partial charge in [-0.3, -0.25) is 0 Å². The molecule has 2 unspecified atom stereocenters. The highest BCUT2D eigenvalue weighted by atomic mass is 16.7. The first-order valence-electron chi connectivity index (χ1n) is 8.81. The molecule has 0 spiro atoms. The van der Waals surface area contributed by atoms with Crippen molar-refractivity contribution in [1.82, 2.24) is 9.55 Å². The monoisotopic (exact) mass is 328 g/mol. The van der Waals surface area contributed by atoms with Crippen molar-refractivity contribution in [1.29, 1.82) is 0 Å². The fourth-order valence-corrected chi connectivity index (χ4v) is 3.31. The van der Waals surface area contributed by atoms with Crippen LogP contribution in [0, 0.1) is 19.8 Å². The molecule has 4 heteroatoms. The van der Waals surface area contributed by atoms with Crippen LogP contribution in [-0.2, 0) is 22.4 Å². The van der Waals surface area contributed by atoms with Crippen molar-refractivity contribution < 1.29 is 9.47 Å². The van der Waals surface area contributed by atoms with Crippen LogP contribution < -0.4 is 0 Å². The normalized spacial score (nSPS) is 24.0. The van der Waals surface area contributed by atoms with Gasteiger partial charge in [-0.2, -0.15) is 0 Å². The molecule has 1 saturated heterocycles. The van der Waals surface area contributed by atoms with Gasteiger partial charge >= 0.3 is 0 Å². The molecule has 3 rings (SSSR count). The number of hydrogen-bond donors (Lipinski definition) is 0. The molecule has 2 heterocycles. The lowest BCUT2D eigenvalue weighted by Crippen LogP contribution is -2.37. The van der Waals surface area contributed by atoms with Crippen LogP contribution in [0.15, 0.2) is 36.9 Å². The molecular formula is C20H28N2O2. The first-order chi connectivity index (χ1) is 11.5. The summed E-state index contributed by atoms with van der Waals surface area (Å²) in [6, 6.07) is 6.65. The van der Waals surface area contributed by atoms with Gasteiger partial charge in [0.2, 0.25) is 0 Å². The van der Waals surface area contributed by atoms with Crippen LogP contribution in [0.4, 0.5) is 0 Å². The second kappa shape index (κ2) is 7.08. The molecule has 0 aliphatic carbocycles. The number of rotatable bonds is 6. The topological polar surface area (TPSA) is 36.3 Å². The highest BCUT2D eigenvalue weighted by molar-refractivity contribution is 5.30. The van der Waals surface area contributed by atoms with Crippen LogP contribution in [0.5, 0.6) is 0 Å². The Kier molecular flexibility index (Phi) is 5.07. The SMILES string of the molecule is Cc1ccc(CCC2(Cn3ccnc3)OCC(C(C)C)O2)c(C)c1. The summed E-state index contributed by atoms with van der Waals surface area (Å²) in [5, 5.41) is 0. The van der Waals surface area contributed by atoms with Crippen LogP contribution in [-0.4, -0.2) is 28.0 Å². The van der Waals surface area contributed by atoms with E-state index in [2.05, 4.69) is 50.9 Å². The third-order valence-corrected chi connectivity index (χ3v) is 4.88. The molecule has 0 N–H and O–H groups in total. The predicted octanol–water partition coefficient (Wildman–Crippen LogP) is 3.90. The van der Waals surface area contributed by atoms with E-state index in [9.17, 15) is 0 Å². The first kappa shape index (κ1) is 17.2. The highest BCUT2D eigenvalue weighted by Gasteiger charge is 2.42. The average molecular weight is 328 g/mol. The van der Waals surface area contributed by atoms with Gasteiger partial charge in [0.25, 0.3) is 0 Å². The van der Waals surface area contributed by atoms with Crippen molar-refractivity contribution in [2.75, 3.05) is 6.61 Å². The largest absolute Gasteiger partial charge is 0.345 e. The Labute approximate surface area is 144 Å². The van der Waals surface area contributed by atoms with E-state index in [1.54, 1.807) is 6.20 Å². The molecule has 0 radical (unpaired) electrons. The minimum absolute atomic E-state index is 0.160. The van der Waals surface area contributed by atoms with Gasteiger partial charge in [-0.1, -0.05) is 37.6 Å². The van der Waals surface area contributed by atoms with Gasteiger partial charge in [-0.05, 0) is 37.3 Å². The average Bonchev–Trinajstić information content (AvgIpc) is 3.17. The van der Waals surface area contributed by atoms with Gasteiger partial charge in [-0.25, -0.2) is 4.98 Å². The van der Waals surface area contributed by atoms with Crippen molar-refractivity contribution in [3.63, 3.8) is 0 Å². The summed E-state index contributed by atoms with van der Waals surface area (Å²) in [4.78, 5) is 4.14. The van der Waals surface area contributed by atoms with Gasteiger partial charge in [0.15, 0.2) is 5.79 Å². The smallest absolute Gasteiger partial charge is 0.187 e. The molecule has 0 saturated carbocycles. The molecule has 2 atom stereocenters. The fraction of sp³-hybridized carbons (Fsp3) is 0.550. The molecule has 4 nitrogen and oxygen atoms in total. The van der Waals surface area contributed by atoms with Crippen LogP contribution in [0.25, 0.3) is 0 Å². The van der Waals surface area contributed by atoms with Crippen molar-refractivity contribution in [2.24, 2.45) is 5.92 Å². The van der Waals surface area contributed by atoms with Crippen molar-refractivity contribution in [3.05, 3.63) is 53.6 Å². The Hall–Kier alpha value is -1.65. The summed E-state index contributed by atoms with van der Waals surface area (Å²) in [7, 11) is 0. The van der Waals surface area contributed by atoms with E-state index in [0.717, 1.165) is 12.8 Å². The lowest BCUT2D eigenvalue weighted by atomic mass is 9.98. The number of aryl methyl sites for hydroxylation is 3. The van der Waals surface area contributed by atoms with Crippen LogP contribution >= 0.6 is 0 Å². The van der Waals surface area contributed by atoms with E-state index in [0.29, 0.717) is 19.1 Å². The number of ether oxygens (including phenoxy) is 2. The lowest BCUT2D eigenvalue weighted by Gasteiger charge is -2.29. The molecular weight excluding hydrogens is 300 g/mol. The molecule has 1 aromatic heterocycles. The quantitative estimate of drug-likeness (QED) is 0.807. The number of nitrogens with zero attached hydrogens (tertiary/aromatic N) is 2. The number of aromatic nitrogens is 2. The van der Waals surface area contributed by atoms with Crippen molar-refractivity contribution >= 4 is 0 Å². The van der Waals surface area contributed by atoms with Gasteiger partial charge in [0, 0.05) is 18.8 Å². The second-order valence-electron chi connectivity index (χ2n) is 7.29. The number of hydrogen-bond acceptors (Lipinski definition) is 3. The maximum atomic E-state index is 6.40. The zero-order chi connectivity index (χ0) is 17.2. The summed E-state index contributed by atoms with van der Waals surface area (Å²) >= 11 is 0. The molecule has 0 bridgehead atoms. The molecule has 24 heavy (non-hydrogen) atoms. The third kappa shape index (κ3) is 3.87. The zero-order valence-electron chi connectivity index (χ0n) is 15.2. The van der Waals surface area contributed by atoms with Gasteiger partial charge < -0.3 is 14.0 Å². The van der Waals surface area contributed by atoms with Gasteiger partial charge in [0.05, 0.1) is 25.6 Å². The van der Waals surface area contributed by atoms with Crippen LogP contribution in [0.3, 0.4) is 0 Å². The van der Waals surface area contributed by atoms with Crippen molar-refractivity contribution in [3.8, 4) is 0 Å². The maximum absolute atomic E-state index is 6.40. The summed E-state index contributed by atoms with van der Waals surface area (Å²) in [6.07, 6.45) is 7.55. The molecule has 1 aliphatic rings. The maximum Gasteiger partial charge on any atom is 0.187 e. The Morgan fingerprint density at radius 1 is 1.33 bits per heavy atom. The second-order valence-corrected chi connectivity index (χ2v) is 7.29. The number of benzene rings is 1. The highest BCUT2D eigenvalue weighted by Crippen LogP contribution is 2.33. The predicted molar refractivity (Wildman–Crippen MR) is 94.9 cm³/mol. The van der Waals surface area contributed by atoms with Crippen LogP contribution in [0.1, 0.15) is 37.0 Å². The van der Waals surface area contributed by atoms with E-state index in [1.807, 2.05) is 17.1 Å². The van der Waals surface area contributed by atoms with Crippen molar-refractivity contribution in [2.45, 2.75) is 59.0 Å². The van der Waals surface area contributed by atoms with E-state index in [-0.39, 0.29) is 6.10 Å². The Morgan fingerprint density at radius 3 is 2.79 bits per heavy atom. The first-order valence-corrected chi connectivity index (χ1v) is 8.81. The van der Waals surface area contributed by atoms with E-state index in [1.165, 1.54) is 16.7 Å². The van der Waals surface area contributed by atoms with E-state index < -0.39 is 5.79 Å². The van der Waals surface area contributed by atoms with E-state index in [4.69, 9.17) is 9.47 Å². The summed E-state index contributed by atoms with van der Waals surface area (Å²) in [5.74, 6) is -0.108. The molecule has 130 valence electrons. The summed E-state index contributed by atoms with van der Waals surface area (Å²) in [5.41, 5.74) is 4.01. The third-order valence-electron chi connectivity index (χ3n) is 4.88. The Bertz CT molecular complexity index is 666. The molecule has 1 aliphatic heterocycles. The summed E-state index contributed by atoms with van der Waals surface area (Å²) in [6.45, 7) is 10.0. The van der Waals surface area contributed by atoms with Gasteiger partial charge in [-0.15, -0.1) is 0 Å². The van der Waals surface area contributed by atoms with Crippen LogP contribution in [0.2, 0.25) is 0 Å². The summed E-state index contributed by atoms with van der Waals surface area (Å²) < 4.78 is 14.6. The number of imidazole rings is 1. The Balaban J connectivity index is 1.75. The zero-order valence-corrected chi connectivity index (χ0v) is 15.2. The molecule has 2 aromatic rings. The van der Waals surface area contributed by atoms with Gasteiger partial charge in [0.1, 0.15) is 0 Å². The van der Waals surface area contributed by atoms with E-state index >= 15 is 0 Å². The Morgan fingerprint density at radius 2 is 2.17 bits per heavy atom. The molecule has 0 amide bonds. The minimum atomic E-state index is -0.563. The minimum Gasteiger partial charge on any atom is -0.345 e. The molecule has 1 fully saturated rings.